The van der Waals surface area contributed by atoms with Gasteiger partial charge in [0.15, 0.2) is 0 Å². The summed E-state index contributed by atoms with van der Waals surface area (Å²) in [6.07, 6.45) is 1.03. The average Bonchev–Trinajstić information content (AvgIpc) is 3.08. The molecule has 0 saturated carbocycles. The highest BCUT2D eigenvalue weighted by Crippen LogP contribution is 2.33. The van der Waals surface area contributed by atoms with Crippen LogP contribution in [0, 0.1) is 0 Å². The fraction of sp³-hybridized carbons (Fsp3) is 0.357. The first-order valence-corrected chi connectivity index (χ1v) is 7.17. The lowest BCUT2D eigenvalue weighted by atomic mass is 9.97. The first-order valence-electron chi connectivity index (χ1n) is 6.36. The molecule has 0 radical (unpaired) electrons. The van der Waals surface area contributed by atoms with E-state index in [4.69, 9.17) is 4.74 Å². The van der Waals surface area contributed by atoms with Crippen molar-refractivity contribution in [2.75, 3.05) is 20.2 Å². The smallest absolute Gasteiger partial charge is 0.262 e. The van der Waals surface area contributed by atoms with E-state index in [9.17, 15) is 4.79 Å². The van der Waals surface area contributed by atoms with Crippen molar-refractivity contribution in [2.45, 2.75) is 12.3 Å². The number of ether oxygens (including phenoxy) is 1. The molecule has 1 aliphatic heterocycles. The number of aromatic amines is 1. The van der Waals surface area contributed by atoms with E-state index in [0.717, 1.165) is 41.3 Å². The van der Waals surface area contributed by atoms with Crippen molar-refractivity contribution in [1.82, 2.24) is 9.69 Å². The Morgan fingerprint density at radius 1 is 1.32 bits per heavy atom. The summed E-state index contributed by atoms with van der Waals surface area (Å²) in [5, 5.41) is 3.32. The minimum absolute atomic E-state index is 0.0597. The predicted octanol–water partition coefficient (Wildman–Crippen LogP) is 2.19. The summed E-state index contributed by atoms with van der Waals surface area (Å²) in [6.45, 7) is 1.88. The molecular formula is C14H16N2O2S. The maximum Gasteiger partial charge on any atom is 0.262 e. The van der Waals surface area contributed by atoms with Gasteiger partial charge in [-0.05, 0) is 42.8 Å². The van der Waals surface area contributed by atoms with Crippen LogP contribution in [0.2, 0.25) is 0 Å². The van der Waals surface area contributed by atoms with E-state index in [2.05, 4.69) is 9.69 Å². The number of H-pyrrole nitrogens is 1. The zero-order chi connectivity index (χ0) is 13.2. The molecule has 1 atom stereocenters. The van der Waals surface area contributed by atoms with Crippen LogP contribution in [0.3, 0.4) is 0 Å². The van der Waals surface area contributed by atoms with Crippen LogP contribution in [0.25, 0.3) is 10.4 Å². The Kier molecular flexibility index (Phi) is 3.40. The SMILES string of the molecule is COc1ccc(-c2s[nH]c(=O)c2C2CCNC2)cc1. The van der Waals surface area contributed by atoms with Crippen molar-refractivity contribution in [3.63, 3.8) is 0 Å². The van der Waals surface area contributed by atoms with Gasteiger partial charge in [0, 0.05) is 18.0 Å². The molecule has 0 bridgehead atoms. The molecule has 2 N–H and O–H groups in total. The number of hydrogen-bond acceptors (Lipinski definition) is 4. The summed E-state index contributed by atoms with van der Waals surface area (Å²) in [5.74, 6) is 1.16. The van der Waals surface area contributed by atoms with Gasteiger partial charge in [-0.25, -0.2) is 0 Å². The van der Waals surface area contributed by atoms with Gasteiger partial charge in [-0.1, -0.05) is 11.5 Å². The Morgan fingerprint density at radius 3 is 2.74 bits per heavy atom. The van der Waals surface area contributed by atoms with Crippen molar-refractivity contribution in [2.24, 2.45) is 0 Å². The summed E-state index contributed by atoms with van der Waals surface area (Å²) >= 11 is 1.42. The number of nitrogens with one attached hydrogen (secondary N) is 2. The lowest BCUT2D eigenvalue weighted by Crippen LogP contribution is -2.14. The summed E-state index contributed by atoms with van der Waals surface area (Å²) in [5.41, 5.74) is 2.07. The number of methoxy groups -OCH3 is 1. The predicted molar refractivity (Wildman–Crippen MR) is 77.2 cm³/mol. The van der Waals surface area contributed by atoms with Crippen LogP contribution in [-0.4, -0.2) is 24.6 Å². The van der Waals surface area contributed by atoms with E-state index in [1.807, 2.05) is 24.3 Å². The fourth-order valence-electron chi connectivity index (χ4n) is 2.54. The highest BCUT2D eigenvalue weighted by Gasteiger charge is 2.24. The monoisotopic (exact) mass is 276 g/mol. The van der Waals surface area contributed by atoms with E-state index in [-0.39, 0.29) is 5.56 Å². The average molecular weight is 276 g/mol. The molecule has 2 heterocycles. The summed E-state index contributed by atoms with van der Waals surface area (Å²) in [6, 6.07) is 7.86. The third-order valence-corrected chi connectivity index (χ3v) is 4.50. The van der Waals surface area contributed by atoms with E-state index in [0.29, 0.717) is 5.92 Å². The minimum Gasteiger partial charge on any atom is -0.497 e. The van der Waals surface area contributed by atoms with E-state index in [1.165, 1.54) is 11.5 Å². The minimum atomic E-state index is 0.0597. The van der Waals surface area contributed by atoms with Gasteiger partial charge in [-0.2, -0.15) is 0 Å². The first-order chi connectivity index (χ1) is 9.29. The van der Waals surface area contributed by atoms with Crippen molar-refractivity contribution in [3.8, 4) is 16.2 Å². The molecule has 1 aliphatic rings. The van der Waals surface area contributed by atoms with Gasteiger partial charge in [0.05, 0.1) is 12.0 Å². The maximum absolute atomic E-state index is 12.0. The molecule has 4 nitrogen and oxygen atoms in total. The van der Waals surface area contributed by atoms with Crippen molar-refractivity contribution < 1.29 is 4.74 Å². The Balaban J connectivity index is 2.02. The Hall–Kier alpha value is -1.59. The zero-order valence-electron chi connectivity index (χ0n) is 10.7. The van der Waals surface area contributed by atoms with Gasteiger partial charge in [0.2, 0.25) is 0 Å². The van der Waals surface area contributed by atoms with Crippen LogP contribution >= 0.6 is 11.5 Å². The molecule has 2 aromatic rings. The normalized spacial score (nSPS) is 18.7. The van der Waals surface area contributed by atoms with E-state index in [1.54, 1.807) is 7.11 Å². The molecular weight excluding hydrogens is 260 g/mol. The summed E-state index contributed by atoms with van der Waals surface area (Å²) in [4.78, 5) is 13.1. The third-order valence-electron chi connectivity index (χ3n) is 3.56. The number of benzene rings is 1. The molecule has 3 rings (SSSR count). The van der Waals surface area contributed by atoms with E-state index < -0.39 is 0 Å². The molecule has 5 heteroatoms. The van der Waals surface area contributed by atoms with Gasteiger partial charge in [-0.15, -0.1) is 0 Å². The second kappa shape index (κ2) is 5.19. The summed E-state index contributed by atoms with van der Waals surface area (Å²) < 4.78 is 8.03. The molecule has 1 aromatic carbocycles. The molecule has 1 aromatic heterocycles. The molecule has 1 saturated heterocycles. The van der Waals surface area contributed by atoms with Crippen LogP contribution in [0.4, 0.5) is 0 Å². The van der Waals surface area contributed by atoms with Gasteiger partial charge in [0.25, 0.3) is 5.56 Å². The zero-order valence-corrected chi connectivity index (χ0v) is 11.5. The summed E-state index contributed by atoms with van der Waals surface area (Å²) in [7, 11) is 1.65. The van der Waals surface area contributed by atoms with Crippen LogP contribution < -0.4 is 15.6 Å². The van der Waals surface area contributed by atoms with Crippen molar-refractivity contribution in [3.05, 3.63) is 40.2 Å². The van der Waals surface area contributed by atoms with Gasteiger partial charge < -0.3 is 10.1 Å². The highest BCUT2D eigenvalue weighted by atomic mass is 32.1. The first kappa shape index (κ1) is 12.4. The Bertz CT molecular complexity index is 609. The molecule has 19 heavy (non-hydrogen) atoms. The Labute approximate surface area is 115 Å². The van der Waals surface area contributed by atoms with Gasteiger partial charge in [-0.3, -0.25) is 9.17 Å². The quantitative estimate of drug-likeness (QED) is 0.903. The van der Waals surface area contributed by atoms with Crippen LogP contribution in [0.15, 0.2) is 29.1 Å². The third kappa shape index (κ3) is 2.31. The van der Waals surface area contributed by atoms with Crippen LogP contribution in [-0.2, 0) is 0 Å². The molecule has 1 unspecified atom stereocenters. The second-order valence-corrected chi connectivity index (χ2v) is 5.51. The Morgan fingerprint density at radius 2 is 2.11 bits per heavy atom. The van der Waals surface area contributed by atoms with Crippen LogP contribution in [0.5, 0.6) is 5.75 Å². The lowest BCUT2D eigenvalue weighted by molar-refractivity contribution is 0.415. The number of aromatic nitrogens is 1. The van der Waals surface area contributed by atoms with E-state index >= 15 is 0 Å². The van der Waals surface area contributed by atoms with Crippen molar-refractivity contribution >= 4 is 11.5 Å². The van der Waals surface area contributed by atoms with Gasteiger partial charge in [0.1, 0.15) is 5.75 Å². The van der Waals surface area contributed by atoms with Crippen LogP contribution in [0.1, 0.15) is 17.9 Å². The standard InChI is InChI=1S/C14H16N2O2S/c1-18-11-4-2-9(3-5-11)13-12(14(17)16-19-13)10-6-7-15-8-10/h2-5,10,15H,6-8H2,1H3,(H,16,17). The second-order valence-electron chi connectivity index (χ2n) is 4.69. The molecule has 0 amide bonds. The molecule has 0 aliphatic carbocycles. The van der Waals surface area contributed by atoms with Crippen molar-refractivity contribution in [1.29, 1.82) is 0 Å². The lowest BCUT2D eigenvalue weighted by Gasteiger charge is -2.08. The molecule has 100 valence electrons. The number of rotatable bonds is 3. The maximum atomic E-state index is 12.0. The molecule has 0 spiro atoms. The topological polar surface area (TPSA) is 54.1 Å². The molecule has 1 fully saturated rings. The van der Waals surface area contributed by atoms with Gasteiger partial charge >= 0.3 is 0 Å². The highest BCUT2D eigenvalue weighted by molar-refractivity contribution is 7.09. The fourth-order valence-corrected chi connectivity index (χ4v) is 3.47. The largest absolute Gasteiger partial charge is 0.497 e. The number of hydrogen-bond donors (Lipinski definition) is 2.